The Morgan fingerprint density at radius 1 is 1.12 bits per heavy atom. The fraction of sp³-hybridized carbons (Fsp3) is 0.118. The third kappa shape index (κ3) is 2.97. The van der Waals surface area contributed by atoms with Gasteiger partial charge in [-0.3, -0.25) is 5.10 Å². The van der Waals surface area contributed by atoms with E-state index in [4.69, 9.17) is 0 Å². The highest BCUT2D eigenvalue weighted by Crippen LogP contribution is 2.38. The highest BCUT2D eigenvalue weighted by Gasteiger charge is 2.36. The second-order valence-electron chi connectivity index (χ2n) is 5.43. The smallest absolute Gasteiger partial charge is 0.273 e. The molecule has 3 aromatic heterocycles. The van der Waals surface area contributed by atoms with Gasteiger partial charge in [-0.05, 0) is 36.1 Å². The minimum Gasteiger partial charge on any atom is -0.273 e. The standard InChI is InChI=1S/C17H11F3N4S2/c1-25-14-5-4-13(26-14)15-10-6-9(2-3-12(10)21-8-22-15)11-7-23-24-16(11)17(18,19)20/h2-8H,1H3,(H,23,24). The van der Waals surface area contributed by atoms with Crippen molar-refractivity contribution in [2.45, 2.75) is 10.4 Å². The van der Waals surface area contributed by atoms with E-state index in [0.29, 0.717) is 22.2 Å². The zero-order chi connectivity index (χ0) is 18.3. The van der Waals surface area contributed by atoms with E-state index in [1.165, 1.54) is 12.5 Å². The van der Waals surface area contributed by atoms with E-state index in [0.717, 1.165) is 9.09 Å². The number of thioether (sulfide) groups is 1. The second-order valence-corrected chi connectivity index (χ2v) is 7.62. The molecule has 0 aliphatic carbocycles. The molecule has 9 heteroatoms. The monoisotopic (exact) mass is 392 g/mol. The molecule has 4 aromatic rings. The number of rotatable bonds is 3. The van der Waals surface area contributed by atoms with E-state index < -0.39 is 11.9 Å². The summed E-state index contributed by atoms with van der Waals surface area (Å²) in [5.41, 5.74) is 0.937. The van der Waals surface area contributed by atoms with Crippen LogP contribution < -0.4 is 0 Å². The number of halogens is 3. The average Bonchev–Trinajstić information content (AvgIpc) is 3.29. The Hall–Kier alpha value is -2.39. The summed E-state index contributed by atoms with van der Waals surface area (Å²) in [6, 6.07) is 8.96. The Labute approximate surface area is 154 Å². The van der Waals surface area contributed by atoms with Gasteiger partial charge >= 0.3 is 6.18 Å². The Kier molecular flexibility index (Phi) is 4.20. The number of nitrogens with one attached hydrogen (secondary N) is 1. The molecule has 0 aliphatic heterocycles. The van der Waals surface area contributed by atoms with Crippen LogP contribution in [0.2, 0.25) is 0 Å². The van der Waals surface area contributed by atoms with Gasteiger partial charge in [0.2, 0.25) is 0 Å². The molecule has 4 rings (SSSR count). The largest absolute Gasteiger partial charge is 0.433 e. The van der Waals surface area contributed by atoms with Crippen molar-refractivity contribution in [3.05, 3.63) is 48.5 Å². The van der Waals surface area contributed by atoms with E-state index >= 15 is 0 Å². The lowest BCUT2D eigenvalue weighted by Crippen LogP contribution is -2.07. The molecule has 3 heterocycles. The van der Waals surface area contributed by atoms with Crippen LogP contribution >= 0.6 is 23.1 Å². The first-order valence-corrected chi connectivity index (χ1v) is 9.51. The van der Waals surface area contributed by atoms with E-state index in [2.05, 4.69) is 15.1 Å². The molecule has 1 N–H and O–H groups in total. The summed E-state index contributed by atoms with van der Waals surface area (Å²) >= 11 is 3.22. The Balaban J connectivity index is 1.90. The molecular weight excluding hydrogens is 381 g/mol. The molecular formula is C17H11F3N4S2. The number of hydrogen-bond acceptors (Lipinski definition) is 5. The van der Waals surface area contributed by atoms with Crippen LogP contribution in [0.3, 0.4) is 0 Å². The molecule has 0 saturated carbocycles. The lowest BCUT2D eigenvalue weighted by Gasteiger charge is -2.09. The maximum Gasteiger partial charge on any atom is 0.433 e. The summed E-state index contributed by atoms with van der Waals surface area (Å²) in [4.78, 5) is 9.54. The third-order valence-electron chi connectivity index (χ3n) is 3.89. The van der Waals surface area contributed by atoms with Crippen molar-refractivity contribution in [3.8, 4) is 21.7 Å². The third-order valence-corrected chi connectivity index (χ3v) is 6.06. The number of H-pyrrole nitrogens is 1. The van der Waals surface area contributed by atoms with Crippen molar-refractivity contribution >= 4 is 34.0 Å². The number of fused-ring (bicyclic) bond motifs is 1. The first-order valence-electron chi connectivity index (χ1n) is 7.47. The van der Waals surface area contributed by atoms with Crippen molar-refractivity contribution < 1.29 is 13.2 Å². The van der Waals surface area contributed by atoms with Gasteiger partial charge in [-0.2, -0.15) is 18.3 Å². The molecule has 0 spiro atoms. The molecule has 0 aliphatic rings. The van der Waals surface area contributed by atoms with E-state index in [1.54, 1.807) is 41.3 Å². The molecule has 132 valence electrons. The molecule has 4 nitrogen and oxygen atoms in total. The van der Waals surface area contributed by atoms with Crippen LogP contribution in [0.25, 0.3) is 32.6 Å². The van der Waals surface area contributed by atoms with Gasteiger partial charge in [0.25, 0.3) is 0 Å². The van der Waals surface area contributed by atoms with Crippen LogP contribution in [0.4, 0.5) is 13.2 Å². The van der Waals surface area contributed by atoms with Crippen LogP contribution in [0.15, 0.2) is 47.1 Å². The van der Waals surface area contributed by atoms with E-state index in [1.807, 2.05) is 23.5 Å². The highest BCUT2D eigenvalue weighted by molar-refractivity contribution is 8.00. The zero-order valence-electron chi connectivity index (χ0n) is 13.3. The SMILES string of the molecule is CSc1ccc(-c2ncnc3ccc(-c4cn[nH]c4C(F)(F)F)cc23)s1. The average molecular weight is 392 g/mol. The van der Waals surface area contributed by atoms with Gasteiger partial charge in [-0.15, -0.1) is 23.1 Å². The van der Waals surface area contributed by atoms with Gasteiger partial charge in [0.05, 0.1) is 26.5 Å². The number of aromatic nitrogens is 4. The summed E-state index contributed by atoms with van der Waals surface area (Å²) in [5.74, 6) is 0. The van der Waals surface area contributed by atoms with Crippen molar-refractivity contribution in [2.24, 2.45) is 0 Å². The topological polar surface area (TPSA) is 54.5 Å². The van der Waals surface area contributed by atoms with Crippen LogP contribution in [0, 0.1) is 0 Å². The number of alkyl halides is 3. The van der Waals surface area contributed by atoms with Crippen LogP contribution in [-0.4, -0.2) is 26.4 Å². The molecule has 0 radical (unpaired) electrons. The maximum absolute atomic E-state index is 13.2. The zero-order valence-corrected chi connectivity index (χ0v) is 15.0. The molecule has 0 bridgehead atoms. The lowest BCUT2D eigenvalue weighted by atomic mass is 10.0. The minimum atomic E-state index is -4.50. The predicted octanol–water partition coefficient (Wildman–Crippen LogP) is 5.49. The molecule has 1 aromatic carbocycles. The van der Waals surface area contributed by atoms with Crippen molar-refractivity contribution in [2.75, 3.05) is 6.26 Å². The first kappa shape index (κ1) is 17.0. The Morgan fingerprint density at radius 2 is 1.96 bits per heavy atom. The summed E-state index contributed by atoms with van der Waals surface area (Å²) in [6.07, 6.45) is 0.139. The fourth-order valence-electron chi connectivity index (χ4n) is 2.70. The summed E-state index contributed by atoms with van der Waals surface area (Å²) in [7, 11) is 0. The van der Waals surface area contributed by atoms with E-state index in [9.17, 15) is 13.2 Å². The Bertz CT molecular complexity index is 1080. The lowest BCUT2D eigenvalue weighted by molar-refractivity contribution is -0.140. The second kappa shape index (κ2) is 6.40. The van der Waals surface area contributed by atoms with Crippen LogP contribution in [0.1, 0.15) is 5.69 Å². The summed E-state index contributed by atoms with van der Waals surface area (Å²) in [6.45, 7) is 0. The first-order chi connectivity index (χ1) is 12.5. The summed E-state index contributed by atoms with van der Waals surface area (Å²) in [5, 5.41) is 6.31. The normalized spacial score (nSPS) is 12.0. The number of hydrogen-bond donors (Lipinski definition) is 1. The van der Waals surface area contributed by atoms with Crippen LogP contribution in [0.5, 0.6) is 0 Å². The molecule has 0 atom stereocenters. The number of benzene rings is 1. The van der Waals surface area contributed by atoms with Crippen molar-refractivity contribution in [1.29, 1.82) is 0 Å². The van der Waals surface area contributed by atoms with Gasteiger partial charge < -0.3 is 0 Å². The van der Waals surface area contributed by atoms with Gasteiger partial charge in [0.1, 0.15) is 12.0 Å². The van der Waals surface area contributed by atoms with Crippen LogP contribution in [-0.2, 0) is 6.18 Å². The minimum absolute atomic E-state index is 0.00480. The van der Waals surface area contributed by atoms with Gasteiger partial charge in [0, 0.05) is 10.9 Å². The summed E-state index contributed by atoms with van der Waals surface area (Å²) < 4.78 is 40.6. The van der Waals surface area contributed by atoms with Gasteiger partial charge in [0.15, 0.2) is 0 Å². The van der Waals surface area contributed by atoms with Gasteiger partial charge in [-0.25, -0.2) is 9.97 Å². The molecule has 0 amide bonds. The fourth-order valence-corrected chi connectivity index (χ4v) is 4.25. The molecule has 0 fully saturated rings. The van der Waals surface area contributed by atoms with E-state index in [-0.39, 0.29) is 5.56 Å². The molecule has 0 unspecified atom stereocenters. The maximum atomic E-state index is 13.2. The number of thiophene rings is 1. The number of aromatic amines is 1. The molecule has 0 saturated heterocycles. The highest BCUT2D eigenvalue weighted by atomic mass is 32.2. The number of nitrogens with zero attached hydrogens (tertiary/aromatic N) is 3. The Morgan fingerprint density at radius 3 is 2.69 bits per heavy atom. The predicted molar refractivity (Wildman–Crippen MR) is 97.2 cm³/mol. The van der Waals surface area contributed by atoms with Crippen molar-refractivity contribution in [3.63, 3.8) is 0 Å². The van der Waals surface area contributed by atoms with Crippen molar-refractivity contribution in [1.82, 2.24) is 20.2 Å². The quantitative estimate of drug-likeness (QED) is 0.469. The van der Waals surface area contributed by atoms with Gasteiger partial charge in [-0.1, -0.05) is 6.07 Å². The molecule has 26 heavy (non-hydrogen) atoms.